The molecular formula is C10H12N2O4. The fourth-order valence-electron chi connectivity index (χ4n) is 1.12. The molecule has 0 fully saturated rings. The fraction of sp³-hybridized carbons (Fsp3) is 0.300. The molecule has 6 nitrogen and oxygen atoms in total. The van der Waals surface area contributed by atoms with Crippen LogP contribution in [0, 0.1) is 0 Å². The molecule has 86 valence electrons. The highest BCUT2D eigenvalue weighted by Gasteiger charge is 2.20. The normalized spacial score (nSPS) is 11.8. The summed E-state index contributed by atoms with van der Waals surface area (Å²) in [6.07, 6.45) is 1.41. The minimum absolute atomic E-state index is 0.0338. The first kappa shape index (κ1) is 12.1. The van der Waals surface area contributed by atoms with Gasteiger partial charge in [-0.25, -0.2) is 4.79 Å². The molecule has 1 heterocycles. The highest BCUT2D eigenvalue weighted by Crippen LogP contribution is 1.97. The maximum atomic E-state index is 11.5. The number of carbonyl (C=O) groups is 2. The number of carboxylic acids is 1. The van der Waals surface area contributed by atoms with Gasteiger partial charge in [-0.1, -0.05) is 6.07 Å². The van der Waals surface area contributed by atoms with Crippen molar-refractivity contribution >= 4 is 11.9 Å². The zero-order valence-electron chi connectivity index (χ0n) is 8.46. The van der Waals surface area contributed by atoms with Crippen molar-refractivity contribution in [3.8, 4) is 0 Å². The van der Waals surface area contributed by atoms with Crippen LogP contribution in [0.2, 0.25) is 0 Å². The van der Waals surface area contributed by atoms with E-state index < -0.39 is 17.9 Å². The minimum atomic E-state index is -1.18. The zero-order valence-corrected chi connectivity index (χ0v) is 8.46. The Morgan fingerprint density at radius 3 is 2.69 bits per heavy atom. The van der Waals surface area contributed by atoms with Crippen molar-refractivity contribution in [2.45, 2.75) is 12.5 Å². The van der Waals surface area contributed by atoms with Crippen LogP contribution < -0.4 is 5.32 Å². The molecule has 0 aliphatic carbocycles. The smallest absolute Gasteiger partial charge is 0.326 e. The lowest BCUT2D eigenvalue weighted by atomic mass is 10.2. The van der Waals surface area contributed by atoms with Crippen molar-refractivity contribution in [3.63, 3.8) is 0 Å². The van der Waals surface area contributed by atoms with Gasteiger partial charge in [0.1, 0.15) is 11.7 Å². The van der Waals surface area contributed by atoms with E-state index in [0.29, 0.717) is 0 Å². The predicted molar refractivity (Wildman–Crippen MR) is 54.8 cm³/mol. The summed E-state index contributed by atoms with van der Waals surface area (Å²) in [6, 6.07) is 3.66. The topological polar surface area (TPSA) is 99.5 Å². The van der Waals surface area contributed by atoms with Gasteiger partial charge >= 0.3 is 5.97 Å². The monoisotopic (exact) mass is 224 g/mol. The highest BCUT2D eigenvalue weighted by atomic mass is 16.4. The number of pyridine rings is 1. The second kappa shape index (κ2) is 5.82. The first-order chi connectivity index (χ1) is 7.65. The van der Waals surface area contributed by atoms with Crippen LogP contribution in [-0.2, 0) is 4.79 Å². The molecular weight excluding hydrogens is 212 g/mol. The summed E-state index contributed by atoms with van der Waals surface area (Å²) in [4.78, 5) is 26.0. The predicted octanol–water partition coefficient (Wildman–Crippen LogP) is -0.353. The third-order valence-electron chi connectivity index (χ3n) is 1.92. The molecule has 0 aromatic carbocycles. The summed E-state index contributed by atoms with van der Waals surface area (Å²) in [5.74, 6) is -1.75. The van der Waals surface area contributed by atoms with E-state index in [1.54, 1.807) is 12.1 Å². The average molecular weight is 224 g/mol. The van der Waals surface area contributed by atoms with E-state index in [2.05, 4.69) is 10.3 Å². The van der Waals surface area contributed by atoms with E-state index in [9.17, 15) is 9.59 Å². The number of hydrogen-bond acceptors (Lipinski definition) is 4. The lowest BCUT2D eigenvalue weighted by Gasteiger charge is -2.12. The van der Waals surface area contributed by atoms with Crippen LogP contribution in [0.3, 0.4) is 0 Å². The van der Waals surface area contributed by atoms with Crippen LogP contribution in [0.4, 0.5) is 0 Å². The fourth-order valence-corrected chi connectivity index (χ4v) is 1.12. The van der Waals surface area contributed by atoms with Crippen LogP contribution in [0.5, 0.6) is 0 Å². The second-order valence-electron chi connectivity index (χ2n) is 3.09. The van der Waals surface area contributed by atoms with Crippen molar-refractivity contribution in [1.82, 2.24) is 10.3 Å². The van der Waals surface area contributed by atoms with Crippen molar-refractivity contribution in [2.75, 3.05) is 6.61 Å². The molecule has 6 heteroatoms. The van der Waals surface area contributed by atoms with Crippen LogP contribution >= 0.6 is 0 Å². The van der Waals surface area contributed by atoms with Gasteiger partial charge in [-0.2, -0.15) is 0 Å². The van der Waals surface area contributed by atoms with Crippen LogP contribution in [0.1, 0.15) is 16.9 Å². The summed E-state index contributed by atoms with van der Waals surface area (Å²) < 4.78 is 0. The van der Waals surface area contributed by atoms with Gasteiger partial charge in [0.05, 0.1) is 0 Å². The Hall–Kier alpha value is -1.95. The number of carboxylic acid groups (broad SMARTS) is 1. The minimum Gasteiger partial charge on any atom is -0.480 e. The lowest BCUT2D eigenvalue weighted by molar-refractivity contribution is -0.139. The van der Waals surface area contributed by atoms with E-state index in [-0.39, 0.29) is 18.7 Å². The number of nitrogens with one attached hydrogen (secondary N) is 1. The van der Waals surface area contributed by atoms with E-state index in [1.165, 1.54) is 12.3 Å². The number of aromatic nitrogens is 1. The third kappa shape index (κ3) is 3.32. The molecule has 0 radical (unpaired) electrons. The zero-order chi connectivity index (χ0) is 12.0. The number of carbonyl (C=O) groups excluding carboxylic acids is 1. The van der Waals surface area contributed by atoms with Gasteiger partial charge in [-0.15, -0.1) is 0 Å². The van der Waals surface area contributed by atoms with Crippen molar-refractivity contribution in [2.24, 2.45) is 0 Å². The Labute approximate surface area is 91.9 Å². The number of rotatable bonds is 5. The van der Waals surface area contributed by atoms with Crippen molar-refractivity contribution in [1.29, 1.82) is 0 Å². The van der Waals surface area contributed by atoms with Gasteiger partial charge in [0.25, 0.3) is 5.91 Å². The Morgan fingerprint density at radius 2 is 2.19 bits per heavy atom. The number of aliphatic carboxylic acids is 1. The first-order valence-electron chi connectivity index (χ1n) is 4.70. The number of amides is 1. The van der Waals surface area contributed by atoms with Crippen LogP contribution in [-0.4, -0.2) is 39.7 Å². The Kier molecular flexibility index (Phi) is 4.41. The lowest BCUT2D eigenvalue weighted by Crippen LogP contribution is -2.41. The van der Waals surface area contributed by atoms with Crippen LogP contribution in [0.15, 0.2) is 24.4 Å². The molecule has 0 saturated carbocycles. The standard InChI is InChI=1S/C10H12N2O4/c13-6-4-8(10(15)16)12-9(14)7-3-1-2-5-11-7/h1-3,5,8,13H,4,6H2,(H,12,14)(H,15,16)/t8-/m1/s1. The van der Waals surface area contributed by atoms with E-state index in [0.717, 1.165) is 0 Å². The van der Waals surface area contributed by atoms with Gasteiger partial charge < -0.3 is 15.5 Å². The Morgan fingerprint density at radius 1 is 1.44 bits per heavy atom. The molecule has 1 amide bonds. The molecule has 0 saturated heterocycles. The molecule has 0 unspecified atom stereocenters. The first-order valence-corrected chi connectivity index (χ1v) is 4.70. The van der Waals surface area contributed by atoms with Crippen LogP contribution in [0.25, 0.3) is 0 Å². The van der Waals surface area contributed by atoms with E-state index in [1.807, 2.05) is 0 Å². The quantitative estimate of drug-likeness (QED) is 0.634. The molecule has 0 spiro atoms. The maximum Gasteiger partial charge on any atom is 0.326 e. The van der Waals surface area contributed by atoms with Gasteiger partial charge in [0.2, 0.25) is 0 Å². The maximum absolute atomic E-state index is 11.5. The van der Waals surface area contributed by atoms with Gasteiger partial charge in [-0.3, -0.25) is 9.78 Å². The van der Waals surface area contributed by atoms with E-state index in [4.69, 9.17) is 10.2 Å². The molecule has 0 bridgehead atoms. The molecule has 3 N–H and O–H groups in total. The Bertz CT molecular complexity index is 366. The second-order valence-corrected chi connectivity index (χ2v) is 3.09. The summed E-state index contributed by atoms with van der Waals surface area (Å²) in [7, 11) is 0. The summed E-state index contributed by atoms with van der Waals surface area (Å²) in [6.45, 7) is -0.306. The summed E-state index contributed by atoms with van der Waals surface area (Å²) >= 11 is 0. The molecule has 0 aliphatic heterocycles. The van der Waals surface area contributed by atoms with Gasteiger partial charge in [0, 0.05) is 19.2 Å². The van der Waals surface area contributed by atoms with E-state index >= 15 is 0 Å². The molecule has 16 heavy (non-hydrogen) atoms. The summed E-state index contributed by atoms with van der Waals surface area (Å²) in [5.41, 5.74) is 0.145. The molecule has 0 aliphatic rings. The van der Waals surface area contributed by atoms with Crippen molar-refractivity contribution in [3.05, 3.63) is 30.1 Å². The number of aliphatic hydroxyl groups is 1. The SMILES string of the molecule is O=C(N[C@H](CCO)C(=O)O)c1ccccn1. The molecule has 1 rings (SSSR count). The molecule has 1 atom stereocenters. The highest BCUT2D eigenvalue weighted by molar-refractivity contribution is 5.94. The largest absolute Gasteiger partial charge is 0.480 e. The molecule has 1 aromatic rings. The number of hydrogen-bond donors (Lipinski definition) is 3. The van der Waals surface area contributed by atoms with Crippen molar-refractivity contribution < 1.29 is 19.8 Å². The van der Waals surface area contributed by atoms with Gasteiger partial charge in [-0.05, 0) is 12.1 Å². The number of nitrogens with zero attached hydrogens (tertiary/aromatic N) is 1. The van der Waals surface area contributed by atoms with Gasteiger partial charge in [0.15, 0.2) is 0 Å². The third-order valence-corrected chi connectivity index (χ3v) is 1.92. The number of aliphatic hydroxyl groups excluding tert-OH is 1. The average Bonchev–Trinajstić information content (AvgIpc) is 2.29. The Balaban J connectivity index is 2.65. The summed E-state index contributed by atoms with van der Waals surface area (Å²) in [5, 5.41) is 19.7. The molecule has 1 aromatic heterocycles.